The molecule has 0 saturated carbocycles. The summed E-state index contributed by atoms with van der Waals surface area (Å²) in [5.41, 5.74) is 0.448. The molecule has 2 rings (SSSR count). The van der Waals surface area contributed by atoms with E-state index in [0.717, 1.165) is 19.5 Å². The number of carbonyl (C=O) groups is 1. The zero-order chi connectivity index (χ0) is 15.2. The summed E-state index contributed by atoms with van der Waals surface area (Å²) in [7, 11) is 3.89. The van der Waals surface area contributed by atoms with Gasteiger partial charge in [-0.05, 0) is 38.6 Å². The van der Waals surface area contributed by atoms with Crippen molar-refractivity contribution in [3.05, 3.63) is 29.8 Å². The smallest absolute Gasteiger partial charge is 0.260 e. The van der Waals surface area contributed by atoms with Crippen molar-refractivity contribution in [2.45, 2.75) is 18.9 Å². The maximum absolute atomic E-state index is 12.1. The second-order valence-electron chi connectivity index (χ2n) is 5.45. The van der Waals surface area contributed by atoms with Gasteiger partial charge in [0.25, 0.3) is 5.91 Å². The molecule has 0 aliphatic carbocycles. The number of nitriles is 1. The van der Waals surface area contributed by atoms with Gasteiger partial charge in [-0.3, -0.25) is 4.79 Å². The number of carbonyl (C=O) groups excluding carboxylic acids is 1. The van der Waals surface area contributed by atoms with Crippen LogP contribution in [-0.2, 0) is 4.79 Å². The molecule has 0 bridgehead atoms. The fourth-order valence-electron chi connectivity index (χ4n) is 2.56. The van der Waals surface area contributed by atoms with Crippen LogP contribution in [0.3, 0.4) is 0 Å². The van der Waals surface area contributed by atoms with Crippen LogP contribution in [0.2, 0.25) is 0 Å². The van der Waals surface area contributed by atoms with Crippen LogP contribution >= 0.6 is 0 Å². The molecule has 1 atom stereocenters. The predicted octanol–water partition coefficient (Wildman–Crippen LogP) is 1.49. The Morgan fingerprint density at radius 1 is 1.52 bits per heavy atom. The lowest BCUT2D eigenvalue weighted by molar-refractivity contribution is -0.132. The molecular formula is C16H21N3O2. The van der Waals surface area contributed by atoms with E-state index in [0.29, 0.717) is 17.4 Å². The summed E-state index contributed by atoms with van der Waals surface area (Å²) in [5, 5.41) is 8.98. The van der Waals surface area contributed by atoms with E-state index in [1.807, 2.05) is 0 Å². The molecule has 21 heavy (non-hydrogen) atoms. The molecule has 1 aliphatic rings. The molecule has 5 heteroatoms. The van der Waals surface area contributed by atoms with Gasteiger partial charge in [0.2, 0.25) is 0 Å². The summed E-state index contributed by atoms with van der Waals surface area (Å²) in [5.74, 6) is 0.391. The summed E-state index contributed by atoms with van der Waals surface area (Å²) in [6, 6.07) is 9.44. The Morgan fingerprint density at radius 3 is 2.95 bits per heavy atom. The van der Waals surface area contributed by atoms with E-state index in [4.69, 9.17) is 10.00 Å². The van der Waals surface area contributed by atoms with E-state index in [2.05, 4.69) is 18.0 Å². The summed E-state index contributed by atoms with van der Waals surface area (Å²) < 4.78 is 5.47. The third kappa shape index (κ3) is 3.96. The van der Waals surface area contributed by atoms with Crippen molar-refractivity contribution in [3.63, 3.8) is 0 Å². The van der Waals surface area contributed by atoms with Crippen LogP contribution in [0.1, 0.15) is 18.4 Å². The van der Waals surface area contributed by atoms with Crippen LogP contribution in [0.5, 0.6) is 5.75 Å². The van der Waals surface area contributed by atoms with Crippen LogP contribution in [0.4, 0.5) is 0 Å². The van der Waals surface area contributed by atoms with Gasteiger partial charge in [-0.15, -0.1) is 0 Å². The number of likely N-dealkylation sites (tertiary alicyclic amines) is 1. The molecule has 0 radical (unpaired) electrons. The minimum absolute atomic E-state index is 0.0361. The highest BCUT2D eigenvalue weighted by Gasteiger charge is 2.24. The fourth-order valence-corrected chi connectivity index (χ4v) is 2.56. The molecule has 1 fully saturated rings. The molecule has 0 N–H and O–H groups in total. The second kappa shape index (κ2) is 7.09. The van der Waals surface area contributed by atoms with Gasteiger partial charge < -0.3 is 14.5 Å². The van der Waals surface area contributed by atoms with E-state index < -0.39 is 0 Å². The largest absolute Gasteiger partial charge is 0.482 e. The second-order valence-corrected chi connectivity index (χ2v) is 5.45. The first kappa shape index (κ1) is 15.3. The Balaban J connectivity index is 1.85. The van der Waals surface area contributed by atoms with Crippen LogP contribution < -0.4 is 4.74 Å². The van der Waals surface area contributed by atoms with Crippen LogP contribution in [0.25, 0.3) is 0 Å². The van der Waals surface area contributed by atoms with Gasteiger partial charge in [0.05, 0.1) is 5.56 Å². The molecule has 1 unspecified atom stereocenters. The van der Waals surface area contributed by atoms with Crippen LogP contribution in [0.15, 0.2) is 24.3 Å². The van der Waals surface area contributed by atoms with Crippen molar-refractivity contribution >= 4 is 5.91 Å². The quantitative estimate of drug-likeness (QED) is 0.823. The normalized spacial score (nSPS) is 18.2. The molecule has 1 saturated heterocycles. The van der Waals surface area contributed by atoms with E-state index in [1.165, 1.54) is 6.42 Å². The summed E-state index contributed by atoms with van der Waals surface area (Å²) in [6.45, 7) is 1.78. The van der Waals surface area contributed by atoms with Crippen molar-refractivity contribution in [2.75, 3.05) is 33.8 Å². The first-order chi connectivity index (χ1) is 10.1. The van der Waals surface area contributed by atoms with E-state index in [9.17, 15) is 4.79 Å². The average molecular weight is 287 g/mol. The van der Waals surface area contributed by atoms with Gasteiger partial charge in [0.1, 0.15) is 11.8 Å². The first-order valence-corrected chi connectivity index (χ1v) is 7.18. The molecule has 1 aromatic carbocycles. The lowest BCUT2D eigenvalue weighted by atomic mass is 10.2. The predicted molar refractivity (Wildman–Crippen MR) is 79.9 cm³/mol. The Bertz CT molecular complexity index is 539. The Hall–Kier alpha value is -2.06. The average Bonchev–Trinajstić information content (AvgIpc) is 2.90. The zero-order valence-electron chi connectivity index (χ0n) is 12.6. The van der Waals surface area contributed by atoms with Gasteiger partial charge in [0, 0.05) is 19.6 Å². The van der Waals surface area contributed by atoms with E-state index in [-0.39, 0.29) is 12.5 Å². The maximum atomic E-state index is 12.1. The number of para-hydroxylation sites is 1. The third-order valence-corrected chi connectivity index (χ3v) is 3.94. The Labute approximate surface area is 125 Å². The van der Waals surface area contributed by atoms with Gasteiger partial charge in [-0.1, -0.05) is 12.1 Å². The van der Waals surface area contributed by atoms with Gasteiger partial charge in [-0.25, -0.2) is 0 Å². The maximum Gasteiger partial charge on any atom is 0.260 e. The molecule has 112 valence electrons. The van der Waals surface area contributed by atoms with Gasteiger partial charge >= 0.3 is 0 Å². The number of rotatable bonds is 5. The van der Waals surface area contributed by atoms with Crippen molar-refractivity contribution in [2.24, 2.45) is 0 Å². The van der Waals surface area contributed by atoms with Crippen molar-refractivity contribution in [1.82, 2.24) is 9.80 Å². The number of hydrogen-bond donors (Lipinski definition) is 0. The summed E-state index contributed by atoms with van der Waals surface area (Å²) in [4.78, 5) is 16.1. The SMILES string of the molecule is CN(CC1CCCN1C)C(=O)COc1ccccc1C#N. The molecule has 1 amide bonds. The molecule has 5 nitrogen and oxygen atoms in total. The number of likely N-dealkylation sites (N-methyl/N-ethyl adjacent to an activating group) is 2. The van der Waals surface area contributed by atoms with Crippen LogP contribution in [0, 0.1) is 11.3 Å². The van der Waals surface area contributed by atoms with Crippen LogP contribution in [-0.4, -0.2) is 55.5 Å². The van der Waals surface area contributed by atoms with E-state index >= 15 is 0 Å². The summed E-state index contributed by atoms with van der Waals surface area (Å²) >= 11 is 0. The number of benzene rings is 1. The molecule has 0 spiro atoms. The topological polar surface area (TPSA) is 56.6 Å². The third-order valence-electron chi connectivity index (χ3n) is 3.94. The van der Waals surface area contributed by atoms with Crippen molar-refractivity contribution < 1.29 is 9.53 Å². The lowest BCUT2D eigenvalue weighted by Gasteiger charge is -2.25. The Morgan fingerprint density at radius 2 is 2.29 bits per heavy atom. The number of ether oxygens (including phenoxy) is 1. The minimum Gasteiger partial charge on any atom is -0.482 e. The molecule has 1 aromatic rings. The van der Waals surface area contributed by atoms with Gasteiger partial charge in [0.15, 0.2) is 6.61 Å². The minimum atomic E-state index is -0.0666. The monoisotopic (exact) mass is 287 g/mol. The highest BCUT2D eigenvalue weighted by molar-refractivity contribution is 5.77. The fraction of sp³-hybridized carbons (Fsp3) is 0.500. The lowest BCUT2D eigenvalue weighted by Crippen LogP contribution is -2.41. The van der Waals surface area contributed by atoms with Crippen molar-refractivity contribution in [3.8, 4) is 11.8 Å². The Kier molecular flexibility index (Phi) is 5.18. The highest BCUT2D eigenvalue weighted by atomic mass is 16.5. The first-order valence-electron chi connectivity index (χ1n) is 7.18. The molecule has 0 aromatic heterocycles. The standard InChI is InChI=1S/C16H21N3O2/c1-18-9-5-7-14(18)11-19(2)16(20)12-21-15-8-4-3-6-13(15)10-17/h3-4,6,8,14H,5,7,9,11-12H2,1-2H3. The zero-order valence-corrected chi connectivity index (χ0v) is 12.6. The van der Waals surface area contributed by atoms with Crippen molar-refractivity contribution in [1.29, 1.82) is 5.26 Å². The van der Waals surface area contributed by atoms with Gasteiger partial charge in [-0.2, -0.15) is 5.26 Å². The summed E-state index contributed by atoms with van der Waals surface area (Å²) in [6.07, 6.45) is 2.32. The number of amides is 1. The highest BCUT2D eigenvalue weighted by Crippen LogP contribution is 2.17. The molecule has 1 heterocycles. The number of nitrogens with zero attached hydrogens (tertiary/aromatic N) is 3. The number of hydrogen-bond acceptors (Lipinski definition) is 4. The molecular weight excluding hydrogens is 266 g/mol. The van der Waals surface area contributed by atoms with E-state index in [1.54, 1.807) is 36.2 Å². The molecule has 1 aliphatic heterocycles.